The summed E-state index contributed by atoms with van der Waals surface area (Å²) in [5.41, 5.74) is 5.36. The van der Waals surface area contributed by atoms with Crippen molar-refractivity contribution in [1.82, 2.24) is 0 Å². The van der Waals surface area contributed by atoms with Crippen molar-refractivity contribution >= 4 is 28.0 Å². The Morgan fingerprint density at radius 1 is 0.357 bits per heavy atom. The molecule has 0 aliphatic heterocycles. The molecule has 224 valence electrons. The monoisotopic (exact) mass is 561 g/mol. The Morgan fingerprint density at radius 3 is 0.762 bits per heavy atom. The summed E-state index contributed by atoms with van der Waals surface area (Å²) in [6.07, 6.45) is 9.85. The fourth-order valence-electron chi connectivity index (χ4n) is 6.77. The number of nitrogens with zero attached hydrogens (tertiary/aromatic N) is 1. The van der Waals surface area contributed by atoms with E-state index in [1.54, 1.807) is 0 Å². The van der Waals surface area contributed by atoms with Gasteiger partial charge < -0.3 is 4.48 Å². The summed E-state index contributed by atoms with van der Waals surface area (Å²) >= 11 is 0. The largest absolute Gasteiger partial charge is 0.324 e. The van der Waals surface area contributed by atoms with Gasteiger partial charge >= 0.3 is 0 Å². The summed E-state index contributed by atoms with van der Waals surface area (Å²) in [4.78, 5) is 0. The van der Waals surface area contributed by atoms with Crippen molar-refractivity contribution in [2.24, 2.45) is 0 Å². The van der Waals surface area contributed by atoms with E-state index < -0.39 is 6.15 Å². The second-order valence-electron chi connectivity index (χ2n) is 12.2. The van der Waals surface area contributed by atoms with E-state index in [-0.39, 0.29) is 0 Å². The van der Waals surface area contributed by atoms with E-state index in [2.05, 4.69) is 149 Å². The van der Waals surface area contributed by atoms with E-state index in [0.717, 1.165) is 0 Å². The van der Waals surface area contributed by atoms with E-state index in [1.165, 1.54) is 104 Å². The lowest BCUT2D eigenvalue weighted by molar-refractivity contribution is -0.929. The van der Waals surface area contributed by atoms with Gasteiger partial charge in [-0.3, -0.25) is 0 Å². The summed E-state index contributed by atoms with van der Waals surface area (Å²) in [5.74, 6) is 0. The van der Waals surface area contributed by atoms with E-state index in [0.29, 0.717) is 0 Å². The van der Waals surface area contributed by atoms with Crippen LogP contribution in [0.3, 0.4) is 0 Å². The van der Waals surface area contributed by atoms with E-state index in [1.807, 2.05) is 0 Å². The average Bonchev–Trinajstić information content (AvgIpc) is 3.07. The van der Waals surface area contributed by atoms with Gasteiger partial charge in [0, 0.05) is 0 Å². The molecule has 0 aliphatic rings. The van der Waals surface area contributed by atoms with Gasteiger partial charge in [-0.25, -0.2) is 0 Å². The molecular formula is C40H56BN. The molecule has 0 aromatic heterocycles. The van der Waals surface area contributed by atoms with E-state index in [4.69, 9.17) is 0 Å². The quantitative estimate of drug-likeness (QED) is 0.0959. The molecule has 0 unspecified atom stereocenters. The molecule has 0 saturated heterocycles. The molecule has 4 aromatic rings. The number of quaternary nitrogens is 1. The Labute approximate surface area is 258 Å². The van der Waals surface area contributed by atoms with Crippen LogP contribution >= 0.6 is 0 Å². The fraction of sp³-hybridized carbons (Fsp3) is 0.400. The summed E-state index contributed by atoms with van der Waals surface area (Å²) in [6.45, 7) is 15.0. The number of benzene rings is 4. The van der Waals surface area contributed by atoms with Gasteiger partial charge in [0.05, 0.1) is 26.2 Å². The smallest absolute Gasteiger partial charge is 0.108 e. The van der Waals surface area contributed by atoms with Crippen LogP contribution in [0.15, 0.2) is 121 Å². The Bertz CT molecular complexity index is 1010. The molecule has 2 heteroatoms. The normalized spacial score (nSPS) is 11.5. The number of rotatable bonds is 16. The molecular weight excluding hydrogens is 505 g/mol. The van der Waals surface area contributed by atoms with Gasteiger partial charge in [0.25, 0.3) is 0 Å². The molecule has 0 bridgehead atoms. The molecule has 0 atom stereocenters. The number of hydrogen-bond donors (Lipinski definition) is 0. The van der Waals surface area contributed by atoms with Crippen LogP contribution in [0.4, 0.5) is 0 Å². The topological polar surface area (TPSA) is 0 Å². The highest BCUT2D eigenvalue weighted by Gasteiger charge is 2.31. The molecule has 0 heterocycles. The van der Waals surface area contributed by atoms with Crippen LogP contribution in [-0.2, 0) is 0 Å². The van der Waals surface area contributed by atoms with Gasteiger partial charge in [0.15, 0.2) is 0 Å². The minimum Gasteiger partial charge on any atom is -0.324 e. The maximum Gasteiger partial charge on any atom is 0.108 e. The predicted octanol–water partition coefficient (Wildman–Crippen LogP) is 8.07. The van der Waals surface area contributed by atoms with Crippen LogP contribution in [0.1, 0.15) is 79.1 Å². The highest BCUT2D eigenvalue weighted by atomic mass is 15.3. The lowest BCUT2D eigenvalue weighted by atomic mass is 9.13. The van der Waals surface area contributed by atoms with Crippen molar-refractivity contribution < 1.29 is 4.48 Å². The molecule has 4 rings (SSSR count). The first-order valence-corrected chi connectivity index (χ1v) is 16.9. The van der Waals surface area contributed by atoms with Gasteiger partial charge in [0.2, 0.25) is 0 Å². The molecule has 42 heavy (non-hydrogen) atoms. The summed E-state index contributed by atoms with van der Waals surface area (Å²) in [6, 6.07) is 43.5. The third kappa shape index (κ3) is 8.95. The molecule has 0 fully saturated rings. The van der Waals surface area contributed by atoms with Crippen molar-refractivity contribution in [2.45, 2.75) is 79.1 Å². The third-order valence-corrected chi connectivity index (χ3v) is 9.14. The Balaban J connectivity index is 0.000000252. The average molecular weight is 562 g/mol. The molecule has 0 aliphatic carbocycles. The minimum atomic E-state index is -1.22. The molecule has 4 aromatic carbocycles. The van der Waals surface area contributed by atoms with Crippen LogP contribution < -0.4 is 21.9 Å². The maximum atomic E-state index is 2.33. The van der Waals surface area contributed by atoms with Crippen molar-refractivity contribution in [3.05, 3.63) is 121 Å². The predicted molar refractivity (Wildman–Crippen MR) is 189 cm³/mol. The highest BCUT2D eigenvalue weighted by Crippen LogP contribution is 2.16. The standard InChI is InChI=1S/C24H20B.C16H36N/c1-5-13-21(14-6-1)25(22-15-7-2-8-16-22,23-17-9-3-10-18-23)24-19-11-4-12-20-24;1-5-9-13-17(14-10-6-2,15-11-7-3)16-12-8-4/h1-20H;5-16H2,1-4H3/q-1;+1. The van der Waals surface area contributed by atoms with Crippen LogP contribution in [0.2, 0.25) is 0 Å². The van der Waals surface area contributed by atoms with Crippen molar-refractivity contribution in [3.63, 3.8) is 0 Å². The zero-order valence-corrected chi connectivity index (χ0v) is 27.1. The Morgan fingerprint density at radius 2 is 0.571 bits per heavy atom. The van der Waals surface area contributed by atoms with Crippen molar-refractivity contribution in [2.75, 3.05) is 26.2 Å². The molecule has 0 saturated carbocycles. The molecule has 0 radical (unpaired) electrons. The van der Waals surface area contributed by atoms with Crippen molar-refractivity contribution in [1.29, 1.82) is 0 Å². The number of unbranched alkanes of at least 4 members (excludes halogenated alkanes) is 4. The van der Waals surface area contributed by atoms with Crippen LogP contribution in [0.5, 0.6) is 0 Å². The molecule has 0 N–H and O–H groups in total. The van der Waals surface area contributed by atoms with Gasteiger partial charge in [-0.15, -0.1) is 0 Å². The summed E-state index contributed by atoms with van der Waals surface area (Å²) < 4.78 is 1.42. The van der Waals surface area contributed by atoms with Crippen LogP contribution in [0, 0.1) is 0 Å². The SMILES string of the molecule is CCCC[N+](CCCC)(CCCC)CCCC.c1ccc([B-](c2ccccc2)(c2ccccc2)c2ccccc2)cc1. The van der Waals surface area contributed by atoms with Gasteiger partial charge in [-0.05, 0) is 25.7 Å². The molecule has 0 spiro atoms. The lowest BCUT2D eigenvalue weighted by Gasteiger charge is -2.44. The number of hydrogen-bond acceptors (Lipinski definition) is 0. The first-order valence-electron chi connectivity index (χ1n) is 16.9. The first-order chi connectivity index (χ1) is 20.7. The summed E-state index contributed by atoms with van der Waals surface area (Å²) in [7, 11) is 0. The first kappa shape index (κ1) is 33.4. The summed E-state index contributed by atoms with van der Waals surface area (Å²) in [5, 5.41) is 0. The third-order valence-electron chi connectivity index (χ3n) is 9.14. The lowest BCUT2D eigenvalue weighted by Crippen LogP contribution is -2.74. The zero-order chi connectivity index (χ0) is 29.9. The second-order valence-corrected chi connectivity index (χ2v) is 12.2. The van der Waals surface area contributed by atoms with Crippen molar-refractivity contribution in [3.8, 4) is 0 Å². The second kappa shape index (κ2) is 18.4. The highest BCUT2D eigenvalue weighted by molar-refractivity contribution is 7.19. The van der Waals surface area contributed by atoms with E-state index in [9.17, 15) is 0 Å². The molecule has 1 nitrogen and oxygen atoms in total. The van der Waals surface area contributed by atoms with Gasteiger partial charge in [-0.1, -0.05) is 175 Å². The Hall–Kier alpha value is -3.10. The fourth-order valence-corrected chi connectivity index (χ4v) is 6.77. The van der Waals surface area contributed by atoms with Gasteiger partial charge in [-0.2, -0.15) is 21.9 Å². The Kier molecular flexibility index (Phi) is 14.7. The maximum absolute atomic E-state index is 2.33. The van der Waals surface area contributed by atoms with Crippen LogP contribution in [-0.4, -0.2) is 36.8 Å². The van der Waals surface area contributed by atoms with Gasteiger partial charge in [0.1, 0.15) is 6.15 Å². The minimum absolute atomic E-state index is 1.22. The zero-order valence-electron chi connectivity index (χ0n) is 27.1. The van der Waals surface area contributed by atoms with E-state index >= 15 is 0 Å². The van der Waals surface area contributed by atoms with Crippen LogP contribution in [0.25, 0.3) is 0 Å². The molecule has 0 amide bonds.